The predicted octanol–water partition coefficient (Wildman–Crippen LogP) is 0.909. The monoisotopic (exact) mass is 275 g/mol. The minimum absolute atomic E-state index is 0.0912. The fourth-order valence-electron chi connectivity index (χ4n) is 2.23. The van der Waals surface area contributed by atoms with Gasteiger partial charge in [-0.25, -0.2) is 4.90 Å². The van der Waals surface area contributed by atoms with E-state index in [1.54, 1.807) is 6.07 Å². The Morgan fingerprint density at radius 3 is 2.60 bits per heavy atom. The van der Waals surface area contributed by atoms with Gasteiger partial charge in [0.15, 0.2) is 0 Å². The second kappa shape index (κ2) is 5.42. The van der Waals surface area contributed by atoms with Crippen molar-refractivity contribution in [2.45, 2.75) is 32.2 Å². The first-order chi connectivity index (χ1) is 9.49. The first-order valence-corrected chi connectivity index (χ1v) is 6.55. The van der Waals surface area contributed by atoms with E-state index in [2.05, 4.69) is 0 Å². The number of rotatable bonds is 4. The van der Waals surface area contributed by atoms with Gasteiger partial charge < -0.3 is 11.5 Å². The van der Waals surface area contributed by atoms with Crippen LogP contribution >= 0.6 is 0 Å². The Labute approximate surface area is 116 Å². The second-order valence-electron chi connectivity index (χ2n) is 4.80. The number of anilines is 1. The number of unbranched alkanes of at least 4 members (excludes halogenated alkanes) is 1. The lowest BCUT2D eigenvalue weighted by molar-refractivity contribution is -0.127. The minimum Gasteiger partial charge on any atom is -0.398 e. The maximum Gasteiger partial charge on any atom is 0.270 e. The fourth-order valence-corrected chi connectivity index (χ4v) is 2.23. The van der Waals surface area contributed by atoms with E-state index in [1.165, 1.54) is 12.1 Å². The lowest BCUT2D eigenvalue weighted by Crippen LogP contribution is -2.46. The van der Waals surface area contributed by atoms with Crippen molar-refractivity contribution >= 4 is 23.4 Å². The van der Waals surface area contributed by atoms with Crippen LogP contribution in [0.4, 0.5) is 5.69 Å². The number of nitrogens with two attached hydrogens (primary N) is 2. The Morgan fingerprint density at radius 1 is 1.30 bits per heavy atom. The highest BCUT2D eigenvalue weighted by molar-refractivity contribution is 6.31. The summed E-state index contributed by atoms with van der Waals surface area (Å²) in [6.45, 7) is 1.97. The zero-order valence-electron chi connectivity index (χ0n) is 11.3. The van der Waals surface area contributed by atoms with Crippen LogP contribution in [0.5, 0.6) is 0 Å². The van der Waals surface area contributed by atoms with Crippen LogP contribution in [0.2, 0.25) is 0 Å². The van der Waals surface area contributed by atoms with E-state index in [1.807, 2.05) is 6.92 Å². The third kappa shape index (κ3) is 2.18. The summed E-state index contributed by atoms with van der Waals surface area (Å²) in [7, 11) is 0. The van der Waals surface area contributed by atoms with Crippen LogP contribution in [0.25, 0.3) is 0 Å². The number of carbonyl (C=O) groups excluding carboxylic acids is 3. The summed E-state index contributed by atoms with van der Waals surface area (Å²) in [6, 6.07) is 3.73. The van der Waals surface area contributed by atoms with Crippen LogP contribution in [0, 0.1) is 0 Å². The number of nitrogens with zero attached hydrogens (tertiary/aromatic N) is 1. The van der Waals surface area contributed by atoms with E-state index in [9.17, 15) is 14.4 Å². The molecule has 1 aliphatic rings. The first-order valence-electron chi connectivity index (χ1n) is 6.55. The number of fused-ring (bicyclic) bond motifs is 1. The Balaban J connectivity index is 2.29. The molecular formula is C14H17N3O3. The van der Waals surface area contributed by atoms with Crippen LogP contribution in [0.1, 0.15) is 46.9 Å². The number of nitrogen functional groups attached to an aromatic ring is 1. The number of hydrogen-bond donors (Lipinski definition) is 2. The fraction of sp³-hybridized carbons (Fsp3) is 0.357. The molecule has 0 aliphatic carbocycles. The van der Waals surface area contributed by atoms with Crippen molar-refractivity contribution in [3.63, 3.8) is 0 Å². The summed E-state index contributed by atoms with van der Waals surface area (Å²) >= 11 is 0. The molecule has 1 aromatic rings. The number of imide groups is 3. The standard InChI is InChI=1S/C14H17N3O3/c1-2-3-6-10(16)13(19)17-12(18)8-5-4-7-9(15)11(8)14(17)20/h4-5,7,10H,2-3,6,15-16H2,1H3/t10-/m0/s1. The Hall–Kier alpha value is -2.21. The van der Waals surface area contributed by atoms with E-state index in [-0.39, 0.29) is 16.8 Å². The molecule has 1 heterocycles. The molecule has 0 saturated carbocycles. The molecule has 2 rings (SSSR count). The highest BCUT2D eigenvalue weighted by Crippen LogP contribution is 2.28. The molecular weight excluding hydrogens is 258 g/mol. The van der Waals surface area contributed by atoms with Gasteiger partial charge in [0.2, 0.25) is 0 Å². The summed E-state index contributed by atoms with van der Waals surface area (Å²) in [6.07, 6.45) is 2.09. The van der Waals surface area contributed by atoms with Crippen LogP contribution in [0.3, 0.4) is 0 Å². The zero-order valence-corrected chi connectivity index (χ0v) is 11.3. The molecule has 1 aromatic carbocycles. The molecule has 0 saturated heterocycles. The summed E-state index contributed by atoms with van der Waals surface area (Å²) in [4.78, 5) is 37.1. The van der Waals surface area contributed by atoms with Crippen molar-refractivity contribution in [1.82, 2.24) is 4.90 Å². The Bertz CT molecular complexity index is 583. The van der Waals surface area contributed by atoms with Crippen molar-refractivity contribution in [1.29, 1.82) is 0 Å². The van der Waals surface area contributed by atoms with Gasteiger partial charge in [0.05, 0.1) is 17.2 Å². The highest BCUT2D eigenvalue weighted by atomic mass is 16.2. The molecule has 6 nitrogen and oxygen atoms in total. The van der Waals surface area contributed by atoms with E-state index in [0.717, 1.165) is 12.8 Å². The van der Waals surface area contributed by atoms with E-state index >= 15 is 0 Å². The summed E-state index contributed by atoms with van der Waals surface area (Å²) in [5, 5.41) is 0. The third-order valence-electron chi connectivity index (χ3n) is 3.35. The van der Waals surface area contributed by atoms with Gasteiger partial charge in [-0.2, -0.15) is 0 Å². The summed E-state index contributed by atoms with van der Waals surface area (Å²) in [5.41, 5.74) is 11.9. The molecule has 0 fully saturated rings. The van der Waals surface area contributed by atoms with Gasteiger partial charge in [-0.1, -0.05) is 25.8 Å². The van der Waals surface area contributed by atoms with Gasteiger partial charge in [0, 0.05) is 5.69 Å². The highest BCUT2D eigenvalue weighted by Gasteiger charge is 2.42. The van der Waals surface area contributed by atoms with E-state index < -0.39 is 23.8 Å². The van der Waals surface area contributed by atoms with Crippen LogP contribution in [-0.4, -0.2) is 28.7 Å². The van der Waals surface area contributed by atoms with Gasteiger partial charge in [-0.15, -0.1) is 0 Å². The quantitative estimate of drug-likeness (QED) is 0.627. The molecule has 0 spiro atoms. The maximum absolute atomic E-state index is 12.2. The normalized spacial score (nSPS) is 15.4. The Morgan fingerprint density at radius 2 is 2.00 bits per heavy atom. The first kappa shape index (κ1) is 14.2. The minimum atomic E-state index is -0.849. The molecule has 0 radical (unpaired) electrons. The lowest BCUT2D eigenvalue weighted by Gasteiger charge is -2.17. The molecule has 1 aliphatic heterocycles. The smallest absolute Gasteiger partial charge is 0.270 e. The van der Waals surface area contributed by atoms with Crippen LogP contribution in [0.15, 0.2) is 18.2 Å². The second-order valence-corrected chi connectivity index (χ2v) is 4.80. The SMILES string of the molecule is CCCC[C@H](N)C(=O)N1C(=O)c2cccc(N)c2C1=O. The Kier molecular flexibility index (Phi) is 3.85. The average Bonchev–Trinajstić information content (AvgIpc) is 2.68. The number of carbonyl (C=O) groups is 3. The average molecular weight is 275 g/mol. The predicted molar refractivity (Wildman–Crippen MR) is 73.9 cm³/mol. The van der Waals surface area contributed by atoms with Gasteiger partial charge >= 0.3 is 0 Å². The summed E-state index contributed by atoms with van der Waals surface area (Å²) in [5.74, 6) is -1.99. The lowest BCUT2D eigenvalue weighted by atomic mass is 10.1. The molecule has 0 unspecified atom stereocenters. The molecule has 0 aromatic heterocycles. The number of amides is 3. The van der Waals surface area contributed by atoms with Crippen LogP contribution < -0.4 is 11.5 Å². The van der Waals surface area contributed by atoms with Gasteiger partial charge in [-0.3, -0.25) is 14.4 Å². The zero-order chi connectivity index (χ0) is 14.9. The molecule has 6 heteroatoms. The van der Waals surface area contributed by atoms with E-state index in [0.29, 0.717) is 11.3 Å². The molecule has 0 bridgehead atoms. The molecule has 1 atom stereocenters. The molecule has 3 amide bonds. The summed E-state index contributed by atoms with van der Waals surface area (Å²) < 4.78 is 0. The van der Waals surface area contributed by atoms with Gasteiger partial charge in [-0.05, 0) is 18.6 Å². The molecule has 4 N–H and O–H groups in total. The maximum atomic E-state index is 12.2. The number of benzene rings is 1. The van der Waals surface area contributed by atoms with Crippen molar-refractivity contribution < 1.29 is 14.4 Å². The van der Waals surface area contributed by atoms with Crippen LogP contribution in [-0.2, 0) is 4.79 Å². The molecule has 106 valence electrons. The van der Waals surface area contributed by atoms with Gasteiger partial charge in [0.25, 0.3) is 17.7 Å². The largest absolute Gasteiger partial charge is 0.398 e. The van der Waals surface area contributed by atoms with Crippen molar-refractivity contribution in [3.05, 3.63) is 29.3 Å². The van der Waals surface area contributed by atoms with Crippen molar-refractivity contribution in [2.24, 2.45) is 5.73 Å². The topological polar surface area (TPSA) is 106 Å². The van der Waals surface area contributed by atoms with E-state index in [4.69, 9.17) is 11.5 Å². The van der Waals surface area contributed by atoms with Crippen molar-refractivity contribution in [3.8, 4) is 0 Å². The van der Waals surface area contributed by atoms with Gasteiger partial charge in [0.1, 0.15) is 0 Å². The number of hydrogen-bond acceptors (Lipinski definition) is 5. The molecule has 20 heavy (non-hydrogen) atoms. The van der Waals surface area contributed by atoms with Crippen molar-refractivity contribution in [2.75, 3.05) is 5.73 Å². The third-order valence-corrected chi connectivity index (χ3v) is 3.35.